The first kappa shape index (κ1) is 14.2. The molecule has 3 rings (SSSR count). The van der Waals surface area contributed by atoms with Gasteiger partial charge in [0.05, 0.1) is 11.0 Å². The molecule has 1 unspecified atom stereocenters. The molecule has 1 atom stereocenters. The van der Waals surface area contributed by atoms with Crippen LogP contribution in [0.15, 0.2) is 18.7 Å². The van der Waals surface area contributed by atoms with Crippen molar-refractivity contribution < 1.29 is 0 Å². The molecular formula is C13H19N7S. The number of anilines is 1. The van der Waals surface area contributed by atoms with Crippen molar-refractivity contribution in [1.82, 2.24) is 24.5 Å². The van der Waals surface area contributed by atoms with Gasteiger partial charge in [-0.25, -0.2) is 4.98 Å². The summed E-state index contributed by atoms with van der Waals surface area (Å²) in [4.78, 5) is 9.64. The quantitative estimate of drug-likeness (QED) is 0.815. The van der Waals surface area contributed by atoms with E-state index in [4.69, 9.17) is 18.0 Å². The Morgan fingerprint density at radius 3 is 2.81 bits per heavy atom. The van der Waals surface area contributed by atoms with Crippen LogP contribution in [-0.4, -0.2) is 61.7 Å². The molecule has 1 saturated heterocycles. The average Bonchev–Trinajstić information content (AvgIpc) is 2.97. The van der Waals surface area contributed by atoms with Crippen molar-refractivity contribution in [3.05, 3.63) is 18.7 Å². The summed E-state index contributed by atoms with van der Waals surface area (Å²) in [7, 11) is 0. The highest BCUT2D eigenvalue weighted by Gasteiger charge is 2.26. The highest BCUT2D eigenvalue weighted by Crippen LogP contribution is 2.19. The molecular weight excluding hydrogens is 286 g/mol. The summed E-state index contributed by atoms with van der Waals surface area (Å²) >= 11 is 5.16. The lowest BCUT2D eigenvalue weighted by molar-refractivity contribution is 0.224. The molecule has 0 amide bonds. The largest absolute Gasteiger partial charge is 0.392 e. The van der Waals surface area contributed by atoms with Gasteiger partial charge in [0.1, 0.15) is 6.33 Å². The molecule has 0 aromatic carbocycles. The normalized spacial score (nSPS) is 18.0. The van der Waals surface area contributed by atoms with Gasteiger partial charge in [0.25, 0.3) is 0 Å². The SMILES string of the molecule is CCC(C(N)=S)N1CCN(c2nccn3cnnc23)CC1. The van der Waals surface area contributed by atoms with Crippen LogP contribution in [0.4, 0.5) is 5.82 Å². The van der Waals surface area contributed by atoms with E-state index in [0.29, 0.717) is 4.99 Å². The molecule has 21 heavy (non-hydrogen) atoms. The Kier molecular flexibility index (Phi) is 3.98. The molecule has 2 N–H and O–H groups in total. The lowest BCUT2D eigenvalue weighted by Gasteiger charge is -2.39. The van der Waals surface area contributed by atoms with Crippen LogP contribution in [0.3, 0.4) is 0 Å². The number of fused-ring (bicyclic) bond motifs is 1. The highest BCUT2D eigenvalue weighted by atomic mass is 32.1. The molecule has 0 aliphatic carbocycles. The maximum absolute atomic E-state index is 5.83. The second-order valence-electron chi connectivity index (χ2n) is 5.16. The summed E-state index contributed by atoms with van der Waals surface area (Å²) in [5.41, 5.74) is 6.63. The molecule has 2 aromatic rings. The first-order valence-electron chi connectivity index (χ1n) is 7.13. The molecule has 0 saturated carbocycles. The van der Waals surface area contributed by atoms with Crippen LogP contribution in [0.1, 0.15) is 13.3 Å². The van der Waals surface area contributed by atoms with E-state index in [0.717, 1.165) is 44.1 Å². The summed E-state index contributed by atoms with van der Waals surface area (Å²) in [6.07, 6.45) is 6.28. The zero-order valence-electron chi connectivity index (χ0n) is 12.0. The number of piperazine rings is 1. The molecule has 2 aromatic heterocycles. The zero-order chi connectivity index (χ0) is 14.8. The van der Waals surface area contributed by atoms with E-state index in [1.54, 1.807) is 12.5 Å². The monoisotopic (exact) mass is 305 g/mol. The first-order valence-corrected chi connectivity index (χ1v) is 7.54. The van der Waals surface area contributed by atoms with Gasteiger partial charge in [-0.1, -0.05) is 19.1 Å². The van der Waals surface area contributed by atoms with Gasteiger partial charge >= 0.3 is 0 Å². The summed E-state index contributed by atoms with van der Waals surface area (Å²) < 4.78 is 1.89. The Bertz CT molecular complexity index is 632. The average molecular weight is 305 g/mol. The number of nitrogens with two attached hydrogens (primary N) is 1. The second-order valence-corrected chi connectivity index (χ2v) is 5.63. The Hall–Kier alpha value is -1.80. The lowest BCUT2D eigenvalue weighted by atomic mass is 10.1. The molecule has 112 valence electrons. The van der Waals surface area contributed by atoms with Crippen molar-refractivity contribution in [3.8, 4) is 0 Å². The summed E-state index contributed by atoms with van der Waals surface area (Å²) in [6, 6.07) is 0.194. The van der Waals surface area contributed by atoms with Crippen LogP contribution < -0.4 is 10.6 Å². The Morgan fingerprint density at radius 1 is 1.38 bits per heavy atom. The van der Waals surface area contributed by atoms with Gasteiger partial charge in [-0.2, -0.15) is 0 Å². The zero-order valence-corrected chi connectivity index (χ0v) is 12.8. The van der Waals surface area contributed by atoms with Crippen molar-refractivity contribution in [2.24, 2.45) is 5.73 Å². The number of nitrogens with zero attached hydrogens (tertiary/aromatic N) is 6. The molecule has 1 aliphatic heterocycles. The van der Waals surface area contributed by atoms with E-state index in [1.165, 1.54) is 0 Å². The molecule has 3 heterocycles. The standard InChI is InChI=1S/C13H19N7S/c1-2-10(11(14)21)18-5-7-19(8-6-18)12-13-17-16-9-20(13)4-3-15-12/h3-4,9-10H,2,5-8H2,1H3,(H2,14,21). The van der Waals surface area contributed by atoms with Crippen molar-refractivity contribution in [1.29, 1.82) is 0 Å². The first-order chi connectivity index (χ1) is 10.2. The van der Waals surface area contributed by atoms with Crippen molar-refractivity contribution >= 4 is 28.7 Å². The van der Waals surface area contributed by atoms with Crippen molar-refractivity contribution in [2.45, 2.75) is 19.4 Å². The van der Waals surface area contributed by atoms with Crippen LogP contribution in [0.25, 0.3) is 5.65 Å². The van der Waals surface area contributed by atoms with Crippen LogP contribution >= 0.6 is 12.2 Å². The fraction of sp³-hybridized carbons (Fsp3) is 0.538. The molecule has 7 nitrogen and oxygen atoms in total. The van der Waals surface area contributed by atoms with Gasteiger partial charge in [0.15, 0.2) is 5.82 Å². The van der Waals surface area contributed by atoms with E-state index in [9.17, 15) is 0 Å². The number of hydrogen-bond donors (Lipinski definition) is 1. The minimum atomic E-state index is 0.194. The van der Waals surface area contributed by atoms with E-state index in [-0.39, 0.29) is 6.04 Å². The lowest BCUT2D eigenvalue weighted by Crippen LogP contribution is -2.53. The second kappa shape index (κ2) is 5.90. The van der Waals surface area contributed by atoms with E-state index >= 15 is 0 Å². The fourth-order valence-electron chi connectivity index (χ4n) is 2.85. The molecule has 0 radical (unpaired) electrons. The summed E-state index contributed by atoms with van der Waals surface area (Å²) in [5.74, 6) is 0.887. The van der Waals surface area contributed by atoms with Gasteiger partial charge in [-0.05, 0) is 6.42 Å². The van der Waals surface area contributed by atoms with Gasteiger partial charge in [-0.15, -0.1) is 10.2 Å². The van der Waals surface area contributed by atoms with Gasteiger partial charge in [0.2, 0.25) is 5.65 Å². The molecule has 1 aliphatic rings. The van der Waals surface area contributed by atoms with Crippen LogP contribution in [0.2, 0.25) is 0 Å². The third-order valence-corrected chi connectivity index (χ3v) is 4.24. The summed E-state index contributed by atoms with van der Waals surface area (Å²) in [6.45, 7) is 5.74. The Morgan fingerprint density at radius 2 is 2.14 bits per heavy atom. The molecule has 1 fully saturated rings. The smallest absolute Gasteiger partial charge is 0.203 e. The van der Waals surface area contributed by atoms with Crippen molar-refractivity contribution in [3.63, 3.8) is 0 Å². The van der Waals surface area contributed by atoms with Crippen LogP contribution in [-0.2, 0) is 0 Å². The third kappa shape index (κ3) is 2.68. The Labute approximate surface area is 128 Å². The van der Waals surface area contributed by atoms with Gasteiger partial charge in [0, 0.05) is 38.6 Å². The highest BCUT2D eigenvalue weighted by molar-refractivity contribution is 7.80. The minimum Gasteiger partial charge on any atom is -0.392 e. The Balaban J connectivity index is 1.74. The number of hydrogen-bond acceptors (Lipinski definition) is 6. The van der Waals surface area contributed by atoms with E-state index < -0.39 is 0 Å². The molecule has 0 spiro atoms. The number of thiocarbonyl (C=S) groups is 1. The van der Waals surface area contributed by atoms with Crippen LogP contribution in [0, 0.1) is 0 Å². The van der Waals surface area contributed by atoms with Crippen LogP contribution in [0.5, 0.6) is 0 Å². The van der Waals surface area contributed by atoms with E-state index in [2.05, 4.69) is 31.9 Å². The predicted octanol–water partition coefficient (Wildman–Crippen LogP) is 0.311. The maximum atomic E-state index is 5.83. The fourth-order valence-corrected chi connectivity index (χ4v) is 3.17. The molecule has 0 bridgehead atoms. The van der Waals surface area contributed by atoms with Gasteiger partial charge < -0.3 is 10.6 Å². The third-order valence-electron chi connectivity index (χ3n) is 3.97. The number of rotatable bonds is 4. The van der Waals surface area contributed by atoms with Crippen molar-refractivity contribution in [2.75, 3.05) is 31.1 Å². The van der Waals surface area contributed by atoms with E-state index in [1.807, 2.05) is 10.6 Å². The predicted molar refractivity (Wildman–Crippen MR) is 85.4 cm³/mol. The molecule has 8 heteroatoms. The van der Waals surface area contributed by atoms with Gasteiger partial charge in [-0.3, -0.25) is 9.30 Å². The minimum absolute atomic E-state index is 0.194. The maximum Gasteiger partial charge on any atom is 0.203 e. The summed E-state index contributed by atoms with van der Waals surface area (Å²) in [5, 5.41) is 8.09. The topological polar surface area (TPSA) is 75.6 Å². The number of aromatic nitrogens is 4.